The van der Waals surface area contributed by atoms with Gasteiger partial charge in [-0.3, -0.25) is 4.90 Å². The molecule has 0 spiro atoms. The minimum absolute atomic E-state index is 0. The van der Waals surface area contributed by atoms with Crippen LogP contribution < -0.4 is 4.90 Å². The van der Waals surface area contributed by atoms with E-state index >= 15 is 0 Å². The molecule has 136 valence electrons. The molecule has 2 aromatic carbocycles. The molecule has 4 rings (SSSR count). The highest BCUT2D eigenvalue weighted by Crippen LogP contribution is 2.25. The molecule has 26 heavy (non-hydrogen) atoms. The average molecular weight is 433 g/mol. The van der Waals surface area contributed by atoms with E-state index in [0.717, 1.165) is 42.5 Å². The number of piperazine rings is 1. The summed E-state index contributed by atoms with van der Waals surface area (Å²) in [6.45, 7) is 6.36. The zero-order valence-corrected chi connectivity index (χ0v) is 17.3. The molecule has 0 aliphatic carbocycles. The highest BCUT2D eigenvalue weighted by Gasteiger charge is 2.22. The van der Waals surface area contributed by atoms with Gasteiger partial charge in [-0.15, -0.1) is 17.0 Å². The van der Waals surface area contributed by atoms with Gasteiger partial charge in [-0.05, 0) is 42.8 Å². The molecule has 1 aliphatic heterocycles. The Hall–Kier alpha value is -1.62. The maximum atomic E-state index is 6.00. The third kappa shape index (κ3) is 4.03. The van der Waals surface area contributed by atoms with Crippen molar-refractivity contribution in [1.82, 2.24) is 9.88 Å². The molecule has 0 N–H and O–H groups in total. The zero-order valence-electron chi connectivity index (χ0n) is 14.8. The molecule has 0 saturated carbocycles. The minimum Gasteiger partial charge on any atom is -0.354 e. The average Bonchev–Trinajstić information content (AvgIpc) is 2.68. The van der Waals surface area contributed by atoms with Crippen LogP contribution in [-0.2, 0) is 0 Å². The van der Waals surface area contributed by atoms with E-state index in [4.69, 9.17) is 16.6 Å². The minimum atomic E-state index is 0. The lowest BCUT2D eigenvalue weighted by atomic mass is 10.1. The summed E-state index contributed by atoms with van der Waals surface area (Å²) >= 11 is 6.00. The van der Waals surface area contributed by atoms with E-state index in [1.54, 1.807) is 0 Å². The molecule has 1 fully saturated rings. The molecule has 1 saturated heterocycles. The highest BCUT2D eigenvalue weighted by molar-refractivity contribution is 8.93. The molecule has 1 aliphatic rings. The number of aromatic nitrogens is 1. The van der Waals surface area contributed by atoms with Crippen LogP contribution in [0, 0.1) is 0 Å². The normalized spacial score (nSPS) is 16.3. The van der Waals surface area contributed by atoms with Gasteiger partial charge in [-0.2, -0.15) is 0 Å². The fourth-order valence-electron chi connectivity index (χ4n) is 3.52. The largest absolute Gasteiger partial charge is 0.354 e. The van der Waals surface area contributed by atoms with E-state index in [1.165, 1.54) is 10.9 Å². The van der Waals surface area contributed by atoms with Crippen LogP contribution in [0.4, 0.5) is 5.82 Å². The van der Waals surface area contributed by atoms with Crippen molar-refractivity contribution in [3.05, 3.63) is 71.2 Å². The summed E-state index contributed by atoms with van der Waals surface area (Å²) < 4.78 is 0. The van der Waals surface area contributed by atoms with Gasteiger partial charge in [0.1, 0.15) is 5.82 Å². The SMILES string of the molecule is Br.C[C@H](c1ccc(Cl)cc1)N1CCN(c2ccc3ccccc3n2)CC1. The first-order valence-electron chi connectivity index (χ1n) is 8.81. The second-order valence-corrected chi connectivity index (χ2v) is 7.05. The maximum absolute atomic E-state index is 6.00. The molecule has 1 aromatic heterocycles. The van der Waals surface area contributed by atoms with Crippen molar-refractivity contribution in [2.45, 2.75) is 13.0 Å². The summed E-state index contributed by atoms with van der Waals surface area (Å²) in [5.41, 5.74) is 2.39. The number of pyridine rings is 1. The maximum Gasteiger partial charge on any atom is 0.129 e. The Morgan fingerprint density at radius 3 is 2.31 bits per heavy atom. The van der Waals surface area contributed by atoms with Crippen LogP contribution in [0.3, 0.4) is 0 Å². The van der Waals surface area contributed by atoms with Crippen molar-refractivity contribution in [3.8, 4) is 0 Å². The summed E-state index contributed by atoms with van der Waals surface area (Å²) in [4.78, 5) is 9.74. The molecule has 5 heteroatoms. The fourth-order valence-corrected chi connectivity index (χ4v) is 3.65. The topological polar surface area (TPSA) is 19.4 Å². The van der Waals surface area contributed by atoms with Crippen LogP contribution in [0.2, 0.25) is 5.02 Å². The Morgan fingerprint density at radius 2 is 1.58 bits per heavy atom. The van der Waals surface area contributed by atoms with Crippen LogP contribution >= 0.6 is 28.6 Å². The first-order valence-corrected chi connectivity index (χ1v) is 9.19. The van der Waals surface area contributed by atoms with Crippen molar-refractivity contribution in [2.24, 2.45) is 0 Å². The number of benzene rings is 2. The van der Waals surface area contributed by atoms with Crippen LogP contribution in [0.15, 0.2) is 60.7 Å². The number of para-hydroxylation sites is 1. The van der Waals surface area contributed by atoms with Gasteiger partial charge in [0.2, 0.25) is 0 Å². The molecule has 1 atom stereocenters. The van der Waals surface area contributed by atoms with Crippen LogP contribution in [-0.4, -0.2) is 36.1 Å². The van der Waals surface area contributed by atoms with E-state index in [1.807, 2.05) is 18.2 Å². The molecular weight excluding hydrogens is 410 g/mol. The first kappa shape index (κ1) is 19.2. The number of fused-ring (bicyclic) bond motifs is 1. The first-order chi connectivity index (χ1) is 12.2. The molecule has 0 bridgehead atoms. The molecule has 3 nitrogen and oxygen atoms in total. The Kier molecular flexibility index (Phi) is 6.17. The summed E-state index contributed by atoms with van der Waals surface area (Å²) in [5, 5.41) is 1.99. The zero-order chi connectivity index (χ0) is 17.2. The molecule has 0 radical (unpaired) electrons. The van der Waals surface area contributed by atoms with Crippen LogP contribution in [0.1, 0.15) is 18.5 Å². The van der Waals surface area contributed by atoms with Gasteiger partial charge in [0.05, 0.1) is 5.52 Å². The third-order valence-electron chi connectivity index (χ3n) is 5.12. The van der Waals surface area contributed by atoms with Crippen molar-refractivity contribution in [3.63, 3.8) is 0 Å². The smallest absolute Gasteiger partial charge is 0.129 e. The summed E-state index contributed by atoms with van der Waals surface area (Å²) in [6.07, 6.45) is 0. The number of rotatable bonds is 3. The third-order valence-corrected chi connectivity index (χ3v) is 5.37. The van der Waals surface area contributed by atoms with Gasteiger partial charge in [-0.1, -0.05) is 41.9 Å². The number of anilines is 1. The van der Waals surface area contributed by atoms with Gasteiger partial charge >= 0.3 is 0 Å². The van der Waals surface area contributed by atoms with Crippen molar-refractivity contribution >= 4 is 45.3 Å². The fraction of sp³-hybridized carbons (Fsp3) is 0.286. The van der Waals surface area contributed by atoms with Gasteiger partial charge < -0.3 is 4.90 Å². The lowest BCUT2D eigenvalue weighted by Gasteiger charge is -2.38. The molecular formula is C21H23BrClN3. The van der Waals surface area contributed by atoms with E-state index in [-0.39, 0.29) is 17.0 Å². The van der Waals surface area contributed by atoms with E-state index < -0.39 is 0 Å². The van der Waals surface area contributed by atoms with Gasteiger partial charge in [0, 0.05) is 42.6 Å². The predicted octanol–water partition coefficient (Wildman–Crippen LogP) is 5.35. The summed E-state index contributed by atoms with van der Waals surface area (Å²) in [5.74, 6) is 1.08. The second-order valence-electron chi connectivity index (χ2n) is 6.61. The monoisotopic (exact) mass is 431 g/mol. The molecule has 0 unspecified atom stereocenters. The van der Waals surface area contributed by atoms with E-state index in [2.05, 4.69) is 59.2 Å². The lowest BCUT2D eigenvalue weighted by molar-refractivity contribution is 0.198. The number of hydrogen-bond acceptors (Lipinski definition) is 3. The highest BCUT2D eigenvalue weighted by atomic mass is 79.9. The summed E-state index contributed by atoms with van der Waals surface area (Å²) in [6, 6.07) is 21.2. The molecule has 0 amide bonds. The second kappa shape index (κ2) is 8.38. The number of nitrogens with zero attached hydrogens (tertiary/aromatic N) is 3. The van der Waals surface area contributed by atoms with Crippen molar-refractivity contribution < 1.29 is 0 Å². The Balaban J connectivity index is 0.00000196. The Morgan fingerprint density at radius 1 is 0.885 bits per heavy atom. The number of hydrogen-bond donors (Lipinski definition) is 0. The van der Waals surface area contributed by atoms with Crippen LogP contribution in [0.25, 0.3) is 10.9 Å². The quantitative estimate of drug-likeness (QED) is 0.556. The Bertz CT molecular complexity index is 861. The van der Waals surface area contributed by atoms with Crippen molar-refractivity contribution in [2.75, 3.05) is 31.1 Å². The van der Waals surface area contributed by atoms with Crippen molar-refractivity contribution in [1.29, 1.82) is 0 Å². The summed E-state index contributed by atoms with van der Waals surface area (Å²) in [7, 11) is 0. The Labute approximate surface area is 170 Å². The van der Waals surface area contributed by atoms with Gasteiger partial charge in [0.25, 0.3) is 0 Å². The van der Waals surface area contributed by atoms with Gasteiger partial charge in [0.15, 0.2) is 0 Å². The van der Waals surface area contributed by atoms with Crippen LogP contribution in [0.5, 0.6) is 0 Å². The number of halogens is 2. The lowest BCUT2D eigenvalue weighted by Crippen LogP contribution is -2.47. The molecule has 3 aromatic rings. The van der Waals surface area contributed by atoms with E-state index in [9.17, 15) is 0 Å². The van der Waals surface area contributed by atoms with Gasteiger partial charge in [-0.25, -0.2) is 4.98 Å². The standard InChI is InChI=1S/C21H22ClN3.BrH/c1-16(17-6-9-19(22)10-7-17)24-12-14-25(15-13-24)21-11-8-18-4-2-3-5-20(18)23-21;/h2-11,16H,12-15H2,1H3;1H/t16-;/m1./s1. The predicted molar refractivity (Wildman–Crippen MR) is 116 cm³/mol. The molecule has 2 heterocycles. The van der Waals surface area contributed by atoms with E-state index in [0.29, 0.717) is 6.04 Å².